The number of hydrogen-bond donors (Lipinski definition) is 1. The molecule has 0 aliphatic heterocycles. The topological polar surface area (TPSA) is 77.5 Å². The highest BCUT2D eigenvalue weighted by molar-refractivity contribution is 7.94. The Morgan fingerprint density at radius 3 is 2.19 bits per heavy atom. The average molecular weight is 349 g/mol. The van der Waals surface area contributed by atoms with Crippen LogP contribution in [0.2, 0.25) is 4.47 Å². The van der Waals surface area contributed by atoms with Gasteiger partial charge < -0.3 is 9.47 Å². The Morgan fingerprint density at radius 2 is 1.76 bits per heavy atom. The fourth-order valence-corrected chi connectivity index (χ4v) is 4.45. The molecule has 0 saturated heterocycles. The van der Waals surface area contributed by atoms with Crippen LogP contribution in [-0.4, -0.2) is 27.6 Å². The lowest BCUT2D eigenvalue weighted by molar-refractivity contribution is 0.395. The molecule has 0 amide bonds. The second-order valence-electron chi connectivity index (χ2n) is 4.05. The molecule has 21 heavy (non-hydrogen) atoms. The lowest BCUT2D eigenvalue weighted by Gasteiger charge is -2.10. The molecule has 1 aromatic heterocycles. The molecule has 1 aromatic carbocycles. The van der Waals surface area contributed by atoms with Crippen LogP contribution in [0.1, 0.15) is 5.69 Å². The maximum absolute atomic E-state index is 12.4. The zero-order valence-corrected chi connectivity index (χ0v) is 13.9. The number of thiazole rings is 1. The van der Waals surface area contributed by atoms with E-state index in [2.05, 4.69) is 9.71 Å². The lowest BCUT2D eigenvalue weighted by atomic mass is 10.3. The van der Waals surface area contributed by atoms with Crippen molar-refractivity contribution in [3.8, 4) is 11.5 Å². The van der Waals surface area contributed by atoms with Crippen molar-refractivity contribution < 1.29 is 17.9 Å². The Balaban J connectivity index is 2.39. The summed E-state index contributed by atoms with van der Waals surface area (Å²) in [5, 5.41) is 0. The number of aryl methyl sites for hydroxylation is 1. The first kappa shape index (κ1) is 15.9. The molecule has 2 rings (SSSR count). The minimum absolute atomic E-state index is 0.0780. The van der Waals surface area contributed by atoms with E-state index >= 15 is 0 Å². The summed E-state index contributed by atoms with van der Waals surface area (Å²) in [6, 6.07) is 4.75. The van der Waals surface area contributed by atoms with E-state index in [4.69, 9.17) is 21.1 Å². The van der Waals surface area contributed by atoms with Crippen LogP contribution in [0.15, 0.2) is 22.4 Å². The van der Waals surface area contributed by atoms with Gasteiger partial charge in [-0.25, -0.2) is 13.4 Å². The predicted octanol–water partition coefficient (Wildman–Crippen LogP) is 2.92. The summed E-state index contributed by atoms with van der Waals surface area (Å²) in [4.78, 5) is 3.90. The van der Waals surface area contributed by atoms with E-state index in [9.17, 15) is 8.42 Å². The SMILES string of the molecule is COc1cc(NS(=O)(=O)c2sc(Cl)nc2C)cc(OC)c1. The molecule has 0 aliphatic rings. The highest BCUT2D eigenvalue weighted by Crippen LogP contribution is 2.31. The molecule has 0 radical (unpaired) electrons. The van der Waals surface area contributed by atoms with Gasteiger partial charge in [0.2, 0.25) is 0 Å². The van der Waals surface area contributed by atoms with E-state index in [0.29, 0.717) is 22.9 Å². The Labute approximate surface area is 131 Å². The van der Waals surface area contributed by atoms with Gasteiger partial charge in [-0.3, -0.25) is 4.72 Å². The summed E-state index contributed by atoms with van der Waals surface area (Å²) in [5.41, 5.74) is 0.683. The zero-order valence-electron chi connectivity index (χ0n) is 11.5. The molecule has 0 atom stereocenters. The van der Waals surface area contributed by atoms with Crippen molar-refractivity contribution in [2.45, 2.75) is 11.1 Å². The number of benzene rings is 1. The van der Waals surface area contributed by atoms with Crippen molar-refractivity contribution in [3.63, 3.8) is 0 Å². The molecule has 0 bridgehead atoms. The molecule has 0 fully saturated rings. The fraction of sp³-hybridized carbons (Fsp3) is 0.250. The number of ether oxygens (including phenoxy) is 2. The van der Waals surface area contributed by atoms with Gasteiger partial charge in [-0.05, 0) is 6.92 Å². The highest BCUT2D eigenvalue weighted by atomic mass is 35.5. The molecule has 9 heteroatoms. The van der Waals surface area contributed by atoms with Gasteiger partial charge in [0.05, 0.1) is 25.6 Å². The fourth-order valence-electron chi connectivity index (χ4n) is 1.67. The second-order valence-corrected chi connectivity index (χ2v) is 7.51. The van der Waals surface area contributed by atoms with Crippen LogP contribution in [0.3, 0.4) is 0 Å². The smallest absolute Gasteiger partial charge is 0.273 e. The third kappa shape index (κ3) is 3.58. The molecule has 114 valence electrons. The number of nitrogens with one attached hydrogen (secondary N) is 1. The molecule has 0 spiro atoms. The van der Waals surface area contributed by atoms with E-state index < -0.39 is 10.0 Å². The van der Waals surface area contributed by atoms with Crippen molar-refractivity contribution in [3.05, 3.63) is 28.4 Å². The third-order valence-corrected chi connectivity index (χ3v) is 5.83. The Bertz CT molecular complexity index is 736. The second kappa shape index (κ2) is 6.08. The van der Waals surface area contributed by atoms with Gasteiger partial charge in [0.15, 0.2) is 8.68 Å². The first-order valence-electron chi connectivity index (χ1n) is 5.74. The van der Waals surface area contributed by atoms with E-state index in [-0.39, 0.29) is 8.68 Å². The van der Waals surface area contributed by atoms with Crippen molar-refractivity contribution >= 4 is 38.6 Å². The summed E-state index contributed by atoms with van der Waals surface area (Å²) in [5.74, 6) is 0.956. The number of methoxy groups -OCH3 is 2. The van der Waals surface area contributed by atoms with E-state index in [1.807, 2.05) is 0 Å². The quantitative estimate of drug-likeness (QED) is 0.898. The standard InChI is InChI=1S/C12H13ClN2O4S2/c1-7-11(20-12(13)14-7)21(16,17)15-8-4-9(18-2)6-10(5-8)19-3/h4-6,15H,1-3H3. The van der Waals surface area contributed by atoms with Crippen LogP contribution < -0.4 is 14.2 Å². The number of rotatable bonds is 5. The third-order valence-electron chi connectivity index (χ3n) is 2.58. The molecule has 6 nitrogen and oxygen atoms in total. The number of sulfonamides is 1. The minimum atomic E-state index is -3.76. The number of nitrogens with zero attached hydrogens (tertiary/aromatic N) is 1. The minimum Gasteiger partial charge on any atom is -0.497 e. The van der Waals surface area contributed by atoms with E-state index in [0.717, 1.165) is 11.3 Å². The molecule has 2 aromatic rings. The lowest BCUT2D eigenvalue weighted by Crippen LogP contribution is -2.12. The molecule has 0 unspecified atom stereocenters. The van der Waals surface area contributed by atoms with Crippen molar-refractivity contribution in [2.75, 3.05) is 18.9 Å². The van der Waals surface area contributed by atoms with E-state index in [1.54, 1.807) is 25.1 Å². The first-order valence-corrected chi connectivity index (χ1v) is 8.42. The number of aromatic nitrogens is 1. The van der Waals surface area contributed by atoms with Crippen LogP contribution >= 0.6 is 22.9 Å². The van der Waals surface area contributed by atoms with Crippen molar-refractivity contribution in [1.29, 1.82) is 0 Å². The zero-order chi connectivity index (χ0) is 15.6. The monoisotopic (exact) mass is 348 g/mol. The highest BCUT2D eigenvalue weighted by Gasteiger charge is 2.22. The summed E-state index contributed by atoms with van der Waals surface area (Å²) >= 11 is 6.65. The van der Waals surface area contributed by atoms with Gasteiger partial charge in [-0.1, -0.05) is 22.9 Å². The molecule has 0 saturated carbocycles. The normalized spacial score (nSPS) is 11.2. The summed E-state index contributed by atoms with van der Waals surface area (Å²) in [7, 11) is -0.790. The average Bonchev–Trinajstić information content (AvgIpc) is 2.77. The summed E-state index contributed by atoms with van der Waals surface area (Å²) < 4.78 is 37.6. The van der Waals surface area contributed by atoms with Crippen LogP contribution in [0.25, 0.3) is 0 Å². The summed E-state index contributed by atoms with van der Waals surface area (Å²) in [6.07, 6.45) is 0. The number of halogens is 1. The largest absolute Gasteiger partial charge is 0.497 e. The van der Waals surface area contributed by atoms with Crippen LogP contribution in [0, 0.1) is 6.92 Å². The van der Waals surface area contributed by atoms with Gasteiger partial charge in [-0.15, -0.1) is 0 Å². The maximum atomic E-state index is 12.4. The Kier molecular flexibility index (Phi) is 4.60. The van der Waals surface area contributed by atoms with E-state index in [1.165, 1.54) is 14.2 Å². The van der Waals surface area contributed by atoms with Gasteiger partial charge >= 0.3 is 0 Å². The molecule has 1 N–H and O–H groups in total. The van der Waals surface area contributed by atoms with Gasteiger partial charge in [0, 0.05) is 18.2 Å². The van der Waals surface area contributed by atoms with Crippen LogP contribution in [0.4, 0.5) is 5.69 Å². The van der Waals surface area contributed by atoms with Crippen LogP contribution in [0.5, 0.6) is 11.5 Å². The molecule has 0 aliphatic carbocycles. The first-order chi connectivity index (χ1) is 9.85. The molecule has 1 heterocycles. The van der Waals surface area contributed by atoms with Gasteiger partial charge in [-0.2, -0.15) is 0 Å². The number of hydrogen-bond acceptors (Lipinski definition) is 6. The molecular formula is C12H13ClN2O4S2. The van der Waals surface area contributed by atoms with Crippen molar-refractivity contribution in [2.24, 2.45) is 0 Å². The Morgan fingerprint density at radius 1 is 1.19 bits per heavy atom. The van der Waals surface area contributed by atoms with Gasteiger partial charge in [0.25, 0.3) is 10.0 Å². The summed E-state index contributed by atoms with van der Waals surface area (Å²) in [6.45, 7) is 1.59. The van der Waals surface area contributed by atoms with Crippen LogP contribution in [-0.2, 0) is 10.0 Å². The molecular weight excluding hydrogens is 336 g/mol. The predicted molar refractivity (Wildman–Crippen MR) is 82.2 cm³/mol. The van der Waals surface area contributed by atoms with Crippen molar-refractivity contribution in [1.82, 2.24) is 4.98 Å². The number of anilines is 1. The van der Waals surface area contributed by atoms with Gasteiger partial charge in [0.1, 0.15) is 11.5 Å². The maximum Gasteiger partial charge on any atom is 0.273 e. The Hall–Kier alpha value is -1.51.